The molecule has 0 aliphatic heterocycles. The van der Waals surface area contributed by atoms with Crippen molar-refractivity contribution in [3.63, 3.8) is 0 Å². The number of primary amides is 1. The number of carbonyl (C=O) groups is 1. The lowest BCUT2D eigenvalue weighted by Gasteiger charge is -1.86. The molecule has 1 radical (unpaired) electrons. The highest BCUT2D eigenvalue weighted by molar-refractivity contribution is 7.15. The molecule has 2 nitrogen and oxygen atoms in total. The van der Waals surface area contributed by atoms with Crippen molar-refractivity contribution in [1.29, 1.82) is 0 Å². The molecule has 2 aromatic rings. The zero-order valence-electron chi connectivity index (χ0n) is 6.61. The van der Waals surface area contributed by atoms with Gasteiger partial charge in [-0.3, -0.25) is 4.79 Å². The number of nitrogens with two attached hydrogens (primary N) is 1. The largest absolute Gasteiger partial charge is 0.365 e. The number of hydrogen-bond donors (Lipinski definition) is 1. The predicted octanol–water partition coefficient (Wildman–Crippen LogP) is 2.38. The van der Waals surface area contributed by atoms with Gasteiger partial charge in [-0.05, 0) is 17.5 Å². The van der Waals surface area contributed by atoms with Gasteiger partial charge in [-0.1, -0.05) is 6.07 Å². The summed E-state index contributed by atoms with van der Waals surface area (Å²) in [5.74, 6) is -0.385. The Labute approximate surface area is 83.6 Å². The molecule has 0 saturated heterocycles. The number of hydrogen-bond acceptors (Lipinski definition) is 3. The van der Waals surface area contributed by atoms with Crippen LogP contribution in [0.1, 0.15) is 9.67 Å². The molecule has 0 aliphatic rings. The first kappa shape index (κ1) is 8.47. The fourth-order valence-corrected chi connectivity index (χ4v) is 2.40. The lowest BCUT2D eigenvalue weighted by Crippen LogP contribution is -2.08. The maximum atomic E-state index is 10.8. The zero-order valence-corrected chi connectivity index (χ0v) is 8.24. The van der Waals surface area contributed by atoms with E-state index in [1.807, 2.05) is 17.5 Å². The topological polar surface area (TPSA) is 43.1 Å². The highest BCUT2D eigenvalue weighted by Crippen LogP contribution is 2.28. The summed E-state index contributed by atoms with van der Waals surface area (Å²) >= 11 is 2.89. The third-order valence-corrected chi connectivity index (χ3v) is 3.34. The molecular formula is C9H6NOS2. The minimum atomic E-state index is -0.385. The van der Waals surface area contributed by atoms with E-state index in [1.165, 1.54) is 11.3 Å². The maximum absolute atomic E-state index is 10.8. The Kier molecular flexibility index (Phi) is 2.16. The van der Waals surface area contributed by atoms with Crippen molar-refractivity contribution < 1.29 is 4.79 Å². The van der Waals surface area contributed by atoms with E-state index in [1.54, 1.807) is 17.4 Å². The first-order chi connectivity index (χ1) is 6.27. The Bertz CT molecular complexity index is 417. The summed E-state index contributed by atoms with van der Waals surface area (Å²) in [4.78, 5) is 12.5. The van der Waals surface area contributed by atoms with Gasteiger partial charge >= 0.3 is 0 Å². The molecule has 0 aromatic carbocycles. The summed E-state index contributed by atoms with van der Waals surface area (Å²) in [6.07, 6.45) is 0. The van der Waals surface area contributed by atoms with E-state index in [9.17, 15) is 4.79 Å². The van der Waals surface area contributed by atoms with Gasteiger partial charge in [0.1, 0.15) is 0 Å². The van der Waals surface area contributed by atoms with Gasteiger partial charge in [0.25, 0.3) is 5.91 Å². The SMILES string of the molecule is NC(=O)c1cc(-c2cccs2)[c]s1. The molecule has 13 heavy (non-hydrogen) atoms. The van der Waals surface area contributed by atoms with E-state index in [4.69, 9.17) is 5.73 Å². The van der Waals surface area contributed by atoms with Gasteiger partial charge in [0, 0.05) is 10.4 Å². The number of thiophene rings is 2. The van der Waals surface area contributed by atoms with E-state index < -0.39 is 0 Å². The van der Waals surface area contributed by atoms with Crippen LogP contribution in [0.25, 0.3) is 10.4 Å². The third kappa shape index (κ3) is 1.64. The van der Waals surface area contributed by atoms with Crippen LogP contribution in [-0.4, -0.2) is 5.91 Å². The molecule has 65 valence electrons. The summed E-state index contributed by atoms with van der Waals surface area (Å²) in [5.41, 5.74) is 6.09. The van der Waals surface area contributed by atoms with Gasteiger partial charge in [0.2, 0.25) is 0 Å². The molecule has 1 amide bonds. The van der Waals surface area contributed by atoms with Gasteiger partial charge in [0.15, 0.2) is 0 Å². The van der Waals surface area contributed by atoms with E-state index in [2.05, 4.69) is 5.38 Å². The van der Waals surface area contributed by atoms with E-state index in [0.29, 0.717) is 4.88 Å². The monoisotopic (exact) mass is 208 g/mol. The zero-order chi connectivity index (χ0) is 9.26. The third-order valence-electron chi connectivity index (χ3n) is 1.58. The second-order valence-electron chi connectivity index (χ2n) is 2.47. The lowest BCUT2D eigenvalue weighted by molar-refractivity contribution is 0.100. The fraction of sp³-hybridized carbons (Fsp3) is 0. The molecule has 0 bridgehead atoms. The van der Waals surface area contributed by atoms with Crippen molar-refractivity contribution in [3.8, 4) is 10.4 Å². The van der Waals surface area contributed by atoms with Crippen LogP contribution in [0.3, 0.4) is 0 Å². The van der Waals surface area contributed by atoms with Crippen molar-refractivity contribution in [2.24, 2.45) is 5.73 Å². The standard InChI is InChI=1S/C9H6NOS2/c10-9(11)8-4-6(5-13-8)7-2-1-3-12-7/h1-4H,(H2,10,11). The average molecular weight is 208 g/mol. The Balaban J connectivity index is 2.39. The number of carbonyl (C=O) groups excluding carboxylic acids is 1. The normalized spacial score (nSPS) is 10.2. The molecule has 2 heterocycles. The van der Waals surface area contributed by atoms with Crippen molar-refractivity contribution in [3.05, 3.63) is 33.8 Å². The van der Waals surface area contributed by atoms with Crippen LogP contribution in [0.5, 0.6) is 0 Å². The molecule has 2 aromatic heterocycles. The van der Waals surface area contributed by atoms with Crippen molar-refractivity contribution in [2.75, 3.05) is 0 Å². The van der Waals surface area contributed by atoms with Gasteiger partial charge in [0.05, 0.1) is 10.3 Å². The Morgan fingerprint density at radius 2 is 2.38 bits per heavy atom. The molecule has 0 aliphatic carbocycles. The Hall–Kier alpha value is -1.13. The smallest absolute Gasteiger partial charge is 0.258 e. The number of amides is 1. The highest BCUT2D eigenvalue weighted by Gasteiger charge is 2.07. The van der Waals surface area contributed by atoms with Gasteiger partial charge in [-0.15, -0.1) is 22.7 Å². The molecule has 0 unspecified atom stereocenters. The van der Waals surface area contributed by atoms with Gasteiger partial charge in [-0.25, -0.2) is 0 Å². The van der Waals surface area contributed by atoms with Crippen molar-refractivity contribution in [1.82, 2.24) is 0 Å². The first-order valence-corrected chi connectivity index (χ1v) is 5.32. The molecule has 0 saturated carbocycles. The summed E-state index contributed by atoms with van der Waals surface area (Å²) in [5, 5.41) is 5.03. The van der Waals surface area contributed by atoms with Gasteiger partial charge in [-0.2, -0.15) is 0 Å². The predicted molar refractivity (Wildman–Crippen MR) is 55.0 cm³/mol. The quantitative estimate of drug-likeness (QED) is 0.809. The van der Waals surface area contributed by atoms with Crippen LogP contribution in [0.15, 0.2) is 23.6 Å². The summed E-state index contributed by atoms with van der Waals surface area (Å²) in [7, 11) is 0. The molecule has 0 fully saturated rings. The van der Waals surface area contributed by atoms with E-state index in [0.717, 1.165) is 10.4 Å². The Morgan fingerprint density at radius 1 is 1.54 bits per heavy atom. The second kappa shape index (κ2) is 3.32. The Morgan fingerprint density at radius 3 is 2.92 bits per heavy atom. The lowest BCUT2D eigenvalue weighted by atomic mass is 10.2. The first-order valence-electron chi connectivity index (χ1n) is 3.62. The summed E-state index contributed by atoms with van der Waals surface area (Å²) < 4.78 is 0. The second-order valence-corrected chi connectivity index (χ2v) is 4.26. The van der Waals surface area contributed by atoms with Crippen molar-refractivity contribution >= 4 is 28.6 Å². The summed E-state index contributed by atoms with van der Waals surface area (Å²) in [6, 6.07) is 5.74. The van der Waals surface area contributed by atoms with Gasteiger partial charge < -0.3 is 5.73 Å². The van der Waals surface area contributed by atoms with Crippen LogP contribution in [0, 0.1) is 5.38 Å². The molecule has 4 heteroatoms. The average Bonchev–Trinajstić information content (AvgIpc) is 2.75. The molecular weight excluding hydrogens is 202 g/mol. The van der Waals surface area contributed by atoms with Crippen LogP contribution in [0.4, 0.5) is 0 Å². The molecule has 0 spiro atoms. The van der Waals surface area contributed by atoms with E-state index in [-0.39, 0.29) is 5.91 Å². The van der Waals surface area contributed by atoms with Crippen LogP contribution < -0.4 is 5.73 Å². The van der Waals surface area contributed by atoms with E-state index >= 15 is 0 Å². The minimum absolute atomic E-state index is 0.385. The fourth-order valence-electron chi connectivity index (χ4n) is 0.975. The van der Waals surface area contributed by atoms with Crippen LogP contribution in [0.2, 0.25) is 0 Å². The molecule has 0 atom stereocenters. The summed E-state index contributed by atoms with van der Waals surface area (Å²) in [6.45, 7) is 0. The number of rotatable bonds is 2. The van der Waals surface area contributed by atoms with Crippen LogP contribution >= 0.6 is 22.7 Å². The molecule has 2 rings (SSSR count). The highest BCUT2D eigenvalue weighted by atomic mass is 32.1. The molecule has 2 N–H and O–H groups in total. The minimum Gasteiger partial charge on any atom is -0.365 e. The maximum Gasteiger partial charge on any atom is 0.258 e. The van der Waals surface area contributed by atoms with Crippen molar-refractivity contribution in [2.45, 2.75) is 0 Å². The van der Waals surface area contributed by atoms with Crippen LogP contribution in [-0.2, 0) is 0 Å².